The van der Waals surface area contributed by atoms with Gasteiger partial charge in [0, 0.05) is 24.7 Å². The molecule has 3 aromatic heterocycles. The normalized spacial score (nSPS) is 16.0. The van der Waals surface area contributed by atoms with E-state index in [9.17, 15) is 0 Å². The maximum absolute atomic E-state index is 8.88. The van der Waals surface area contributed by atoms with E-state index in [2.05, 4.69) is 0 Å². The smallest absolute Gasteiger partial charge is 0.215 e. The molecule has 0 bridgehead atoms. The van der Waals surface area contributed by atoms with Gasteiger partial charge in [-0.1, -0.05) is 32.9 Å². The summed E-state index contributed by atoms with van der Waals surface area (Å²) >= 11 is 0. The molecule has 0 saturated carbocycles. The average Bonchev–Trinajstić information content (AvgIpc) is 3.05. The van der Waals surface area contributed by atoms with Gasteiger partial charge in [0.25, 0.3) is 0 Å². The lowest BCUT2D eigenvalue weighted by molar-refractivity contribution is -0.660. The van der Waals surface area contributed by atoms with Crippen molar-refractivity contribution in [3.05, 3.63) is 65.5 Å². The van der Waals surface area contributed by atoms with Crippen LogP contribution in [0.15, 0.2) is 48.8 Å². The summed E-state index contributed by atoms with van der Waals surface area (Å²) in [5.74, 6) is 0. The predicted molar refractivity (Wildman–Crippen MR) is 112 cm³/mol. The Balaban J connectivity index is 2.14. The molecule has 0 fully saturated rings. The number of pyridine rings is 2. The van der Waals surface area contributed by atoms with Gasteiger partial charge in [-0.3, -0.25) is 4.40 Å². The molecule has 4 aromatic rings. The van der Waals surface area contributed by atoms with Gasteiger partial charge in [0.05, 0.1) is 16.6 Å². The predicted octanol–water partition coefficient (Wildman–Crippen LogP) is 5.18. The molecule has 0 atom stereocenters. The first kappa shape index (κ1) is 12.7. The third-order valence-corrected chi connectivity index (χ3v) is 4.72. The van der Waals surface area contributed by atoms with Gasteiger partial charge in [0.2, 0.25) is 5.69 Å². The molecule has 0 aliphatic carbocycles. The van der Waals surface area contributed by atoms with Crippen LogP contribution in [0.25, 0.3) is 27.9 Å². The molecule has 138 valence electrons. The van der Waals surface area contributed by atoms with Crippen LogP contribution in [0, 0.1) is 19.2 Å². The summed E-state index contributed by atoms with van der Waals surface area (Å²) in [4.78, 5) is 4.73. The quantitative estimate of drug-likeness (QED) is 0.449. The van der Waals surface area contributed by atoms with Crippen molar-refractivity contribution in [3.63, 3.8) is 0 Å². The average molecular weight is 364 g/mol. The summed E-state index contributed by atoms with van der Waals surface area (Å²) in [6.45, 7) is 4.94. The zero-order chi connectivity index (χ0) is 23.6. The van der Waals surface area contributed by atoms with E-state index in [0.717, 1.165) is 33.5 Å². The molecule has 1 aromatic carbocycles. The number of rotatable bonds is 2. The fourth-order valence-electron chi connectivity index (χ4n) is 3.58. The Bertz CT molecular complexity index is 1340. The van der Waals surface area contributed by atoms with Crippen molar-refractivity contribution in [2.45, 2.75) is 40.9 Å². The Labute approximate surface area is 168 Å². The lowest BCUT2D eigenvalue weighted by atomic mass is 9.86. The van der Waals surface area contributed by atoms with Crippen LogP contribution in [0.1, 0.15) is 44.3 Å². The van der Waals surface area contributed by atoms with E-state index in [1.54, 1.807) is 37.6 Å². The van der Waals surface area contributed by atoms with Crippen molar-refractivity contribution < 1.29 is 11.4 Å². The summed E-state index contributed by atoms with van der Waals surface area (Å²) in [5.41, 5.74) is 4.66. The second kappa shape index (κ2) is 6.19. The summed E-state index contributed by atoms with van der Waals surface area (Å²) in [6.07, 6.45) is 1.66. The van der Waals surface area contributed by atoms with Crippen LogP contribution in [0.5, 0.6) is 0 Å². The van der Waals surface area contributed by atoms with Crippen LogP contribution in [0.2, 0.25) is 0 Å². The SMILES string of the molecule is [2H]C([2H])([2H])c1c[n+](C)c(-c2c(C)ccc3nc4ccccn4c23)cc1C([2H])([2H])C(C)(C)C. The number of hydrogen-bond acceptors (Lipinski definition) is 1. The molecule has 0 unspecified atom stereocenters. The number of aromatic nitrogens is 3. The Morgan fingerprint density at radius 3 is 2.74 bits per heavy atom. The fourth-order valence-corrected chi connectivity index (χ4v) is 3.58. The molecular weight excluding hydrogens is 330 g/mol. The first-order valence-electron chi connectivity index (χ1n) is 11.6. The van der Waals surface area contributed by atoms with Crippen molar-refractivity contribution in [1.29, 1.82) is 0 Å². The number of nitrogens with zero attached hydrogens (tertiary/aromatic N) is 3. The van der Waals surface area contributed by atoms with Crippen molar-refractivity contribution >= 4 is 16.7 Å². The van der Waals surface area contributed by atoms with Gasteiger partial charge in [-0.05, 0) is 54.9 Å². The standard InChI is InChI=1S/C24H28N3/c1-16-10-11-19-23(27-12-8-7-9-21(27)25-19)22(16)20-13-18(14-24(3,4)5)17(2)15-26(20)6/h7-13,15H,14H2,1-6H3/q+1/i2D3,14D2. The Morgan fingerprint density at radius 2 is 2.00 bits per heavy atom. The van der Waals surface area contributed by atoms with Crippen molar-refractivity contribution in [2.24, 2.45) is 12.5 Å². The van der Waals surface area contributed by atoms with E-state index in [1.165, 1.54) is 0 Å². The Hall–Kier alpha value is -2.68. The Kier molecular flexibility index (Phi) is 2.90. The van der Waals surface area contributed by atoms with Crippen LogP contribution >= 0.6 is 0 Å². The molecule has 4 rings (SSSR count). The Morgan fingerprint density at radius 1 is 1.19 bits per heavy atom. The van der Waals surface area contributed by atoms with Crippen LogP contribution < -0.4 is 4.57 Å². The van der Waals surface area contributed by atoms with Gasteiger partial charge in [-0.15, -0.1) is 0 Å². The molecule has 3 heterocycles. The number of benzene rings is 1. The van der Waals surface area contributed by atoms with E-state index < -0.39 is 18.6 Å². The zero-order valence-corrected chi connectivity index (χ0v) is 16.5. The first-order valence-corrected chi connectivity index (χ1v) is 9.15. The van der Waals surface area contributed by atoms with Crippen LogP contribution in [-0.4, -0.2) is 9.38 Å². The maximum Gasteiger partial charge on any atom is 0.215 e. The second-order valence-electron chi connectivity index (χ2n) is 8.14. The molecule has 0 aliphatic rings. The van der Waals surface area contributed by atoms with Crippen LogP contribution in [0.3, 0.4) is 0 Å². The lowest BCUT2D eigenvalue weighted by Gasteiger charge is -2.19. The molecular formula is C24H28N3+. The van der Waals surface area contributed by atoms with Crippen LogP contribution in [0.4, 0.5) is 0 Å². The van der Waals surface area contributed by atoms with Crippen molar-refractivity contribution in [1.82, 2.24) is 9.38 Å². The largest absolute Gasteiger partial charge is 0.299 e. The maximum atomic E-state index is 8.88. The van der Waals surface area contributed by atoms with Crippen molar-refractivity contribution in [3.8, 4) is 11.3 Å². The third-order valence-electron chi connectivity index (χ3n) is 4.72. The van der Waals surface area contributed by atoms with Gasteiger partial charge < -0.3 is 0 Å². The molecule has 27 heavy (non-hydrogen) atoms. The van der Waals surface area contributed by atoms with Crippen LogP contribution in [-0.2, 0) is 13.4 Å². The minimum Gasteiger partial charge on any atom is -0.299 e. The molecule has 0 amide bonds. The van der Waals surface area contributed by atoms with E-state index >= 15 is 0 Å². The minimum atomic E-state index is -2.44. The summed E-state index contributed by atoms with van der Waals surface area (Å²) in [6, 6.07) is 11.5. The highest BCUT2D eigenvalue weighted by Crippen LogP contribution is 2.32. The monoisotopic (exact) mass is 363 g/mol. The molecule has 0 spiro atoms. The van der Waals surface area contributed by atoms with Gasteiger partial charge in [0.15, 0.2) is 6.20 Å². The molecule has 0 aliphatic heterocycles. The highest BCUT2D eigenvalue weighted by molar-refractivity contribution is 5.95. The number of hydrogen-bond donors (Lipinski definition) is 0. The first-order chi connectivity index (χ1) is 14.7. The number of imidazole rings is 1. The van der Waals surface area contributed by atoms with Gasteiger partial charge in [0.1, 0.15) is 12.7 Å². The topological polar surface area (TPSA) is 21.2 Å². The van der Waals surface area contributed by atoms with E-state index in [0.29, 0.717) is 0 Å². The van der Waals surface area contributed by atoms with Gasteiger partial charge in [-0.2, -0.15) is 0 Å². The van der Waals surface area contributed by atoms with Gasteiger partial charge >= 0.3 is 0 Å². The molecule has 0 radical (unpaired) electrons. The van der Waals surface area contributed by atoms with E-state index in [4.69, 9.17) is 11.8 Å². The van der Waals surface area contributed by atoms with E-state index in [-0.39, 0.29) is 11.1 Å². The highest BCUT2D eigenvalue weighted by atomic mass is 15.0. The number of aryl methyl sites for hydroxylation is 3. The van der Waals surface area contributed by atoms with Gasteiger partial charge in [-0.25, -0.2) is 9.55 Å². The zero-order valence-electron chi connectivity index (χ0n) is 21.5. The summed E-state index contributed by atoms with van der Waals surface area (Å²) in [7, 11) is 1.81. The molecule has 3 heteroatoms. The molecule has 0 N–H and O–H groups in total. The summed E-state index contributed by atoms with van der Waals surface area (Å²) < 4.78 is 45.8. The third kappa shape index (κ3) is 3.12. The van der Waals surface area contributed by atoms with Crippen molar-refractivity contribution in [2.75, 3.05) is 0 Å². The van der Waals surface area contributed by atoms with E-state index in [1.807, 2.05) is 54.9 Å². The molecule has 0 saturated heterocycles. The second-order valence-corrected chi connectivity index (χ2v) is 8.14. The molecule has 3 nitrogen and oxygen atoms in total. The summed E-state index contributed by atoms with van der Waals surface area (Å²) in [5, 5.41) is 0. The highest BCUT2D eigenvalue weighted by Gasteiger charge is 2.23. The lowest BCUT2D eigenvalue weighted by Crippen LogP contribution is -2.32. The number of fused-ring (bicyclic) bond motifs is 3. The fraction of sp³-hybridized carbons (Fsp3) is 0.333. The minimum absolute atomic E-state index is 0.0339.